The third-order valence-corrected chi connectivity index (χ3v) is 4.80. The van der Waals surface area contributed by atoms with Crippen LogP contribution in [0, 0.1) is 5.41 Å². The highest BCUT2D eigenvalue weighted by Gasteiger charge is 2.53. The van der Waals surface area contributed by atoms with Gasteiger partial charge in [-0.2, -0.15) is 0 Å². The lowest BCUT2D eigenvalue weighted by molar-refractivity contribution is -0.150. The van der Waals surface area contributed by atoms with Gasteiger partial charge in [0.1, 0.15) is 0 Å². The van der Waals surface area contributed by atoms with Crippen LogP contribution in [0.25, 0.3) is 11.0 Å². The molecule has 2 aromatic carbocycles. The molecule has 5 nitrogen and oxygen atoms in total. The number of aromatic nitrogens is 2. The number of halogens is 1. The highest BCUT2D eigenvalue weighted by Crippen LogP contribution is 2.44. The zero-order chi connectivity index (χ0) is 18.4. The topological polar surface area (TPSA) is 75.1 Å². The van der Waals surface area contributed by atoms with Gasteiger partial charge in [0.05, 0.1) is 11.0 Å². The second-order valence-electron chi connectivity index (χ2n) is 7.06. The lowest BCUT2D eigenvalue weighted by Gasteiger charge is -2.42. The van der Waals surface area contributed by atoms with Crippen molar-refractivity contribution in [3.63, 3.8) is 0 Å². The maximum absolute atomic E-state index is 12.8. The maximum Gasteiger partial charge on any atom is 0.335 e. The van der Waals surface area contributed by atoms with E-state index < -0.39 is 22.6 Å². The minimum absolute atomic E-state index is 0.432. The molecular formula is C19H19ClN2O3. The Balaban J connectivity index is 2.54. The second-order valence-corrected chi connectivity index (χ2v) is 7.50. The fourth-order valence-corrected chi connectivity index (χ4v) is 3.69. The van der Waals surface area contributed by atoms with Gasteiger partial charge in [0.15, 0.2) is 5.54 Å². The number of nitrogens with one attached hydrogen (secondary N) is 1. The van der Waals surface area contributed by atoms with Crippen molar-refractivity contribution >= 4 is 28.6 Å². The highest BCUT2D eigenvalue weighted by molar-refractivity contribution is 6.31. The lowest BCUT2D eigenvalue weighted by Crippen LogP contribution is -2.56. The summed E-state index contributed by atoms with van der Waals surface area (Å²) in [6.45, 7) is 5.43. The number of H-pyrrole nitrogens is 1. The Morgan fingerprint density at radius 2 is 1.76 bits per heavy atom. The van der Waals surface area contributed by atoms with E-state index in [0.717, 1.165) is 0 Å². The third-order valence-electron chi connectivity index (χ3n) is 4.57. The number of aromatic amines is 1. The summed E-state index contributed by atoms with van der Waals surface area (Å²) in [5.74, 6) is -1.10. The number of aliphatic carboxylic acids is 1. The van der Waals surface area contributed by atoms with E-state index in [1.54, 1.807) is 42.5 Å². The van der Waals surface area contributed by atoms with E-state index in [1.165, 1.54) is 4.57 Å². The van der Waals surface area contributed by atoms with Crippen molar-refractivity contribution in [2.75, 3.05) is 0 Å². The van der Waals surface area contributed by atoms with Crippen LogP contribution in [0.1, 0.15) is 26.3 Å². The van der Waals surface area contributed by atoms with Crippen LogP contribution in [-0.2, 0) is 10.3 Å². The molecule has 0 aliphatic rings. The largest absolute Gasteiger partial charge is 0.479 e. The van der Waals surface area contributed by atoms with Crippen molar-refractivity contribution in [2.45, 2.75) is 26.3 Å². The minimum Gasteiger partial charge on any atom is -0.479 e. The maximum atomic E-state index is 12.8. The summed E-state index contributed by atoms with van der Waals surface area (Å²) < 4.78 is 1.31. The molecule has 0 saturated heterocycles. The molecule has 6 heteroatoms. The summed E-state index contributed by atoms with van der Waals surface area (Å²) in [6.07, 6.45) is 0. The van der Waals surface area contributed by atoms with E-state index in [1.807, 2.05) is 26.8 Å². The molecule has 0 spiro atoms. The number of imidazole rings is 1. The first-order valence-electron chi connectivity index (χ1n) is 7.89. The van der Waals surface area contributed by atoms with Gasteiger partial charge in [-0.3, -0.25) is 4.57 Å². The van der Waals surface area contributed by atoms with Crippen molar-refractivity contribution in [1.29, 1.82) is 0 Å². The number of benzene rings is 2. The van der Waals surface area contributed by atoms with E-state index in [0.29, 0.717) is 21.6 Å². The zero-order valence-corrected chi connectivity index (χ0v) is 15.0. The number of nitrogens with zero attached hydrogens (tertiary/aromatic N) is 1. The van der Waals surface area contributed by atoms with Crippen molar-refractivity contribution in [1.82, 2.24) is 9.55 Å². The molecule has 0 fully saturated rings. The van der Waals surface area contributed by atoms with Crippen LogP contribution in [0.5, 0.6) is 0 Å². The first kappa shape index (κ1) is 17.3. The normalized spacial score (nSPS) is 14.4. The quantitative estimate of drug-likeness (QED) is 0.746. The summed E-state index contributed by atoms with van der Waals surface area (Å²) in [4.78, 5) is 28.2. The number of carboxylic acid groups (broad SMARTS) is 1. The van der Waals surface area contributed by atoms with Crippen LogP contribution in [0.15, 0.2) is 53.3 Å². The number of carbonyl (C=O) groups is 1. The van der Waals surface area contributed by atoms with Crippen LogP contribution in [0.2, 0.25) is 5.02 Å². The first-order chi connectivity index (χ1) is 11.7. The molecule has 3 rings (SSSR count). The Hall–Kier alpha value is -2.53. The van der Waals surface area contributed by atoms with E-state index >= 15 is 0 Å². The van der Waals surface area contributed by atoms with E-state index in [9.17, 15) is 14.7 Å². The Morgan fingerprint density at radius 3 is 2.32 bits per heavy atom. The summed E-state index contributed by atoms with van der Waals surface area (Å²) in [6, 6.07) is 13.8. The van der Waals surface area contributed by atoms with Gasteiger partial charge in [-0.1, -0.05) is 62.7 Å². The molecule has 0 aliphatic carbocycles. The molecule has 1 unspecified atom stereocenters. The van der Waals surface area contributed by atoms with Gasteiger partial charge in [0.2, 0.25) is 0 Å². The molecule has 0 aliphatic heterocycles. The van der Waals surface area contributed by atoms with E-state index in [4.69, 9.17) is 11.6 Å². The molecule has 0 amide bonds. The second kappa shape index (κ2) is 5.77. The summed E-state index contributed by atoms with van der Waals surface area (Å²) in [5, 5.41) is 10.8. The molecule has 0 radical (unpaired) electrons. The van der Waals surface area contributed by atoms with Crippen LogP contribution in [-0.4, -0.2) is 20.6 Å². The molecule has 1 atom stereocenters. The van der Waals surface area contributed by atoms with Gasteiger partial charge in [-0.05, 0) is 23.8 Å². The molecular weight excluding hydrogens is 340 g/mol. The van der Waals surface area contributed by atoms with Crippen LogP contribution in [0.3, 0.4) is 0 Å². The first-order valence-corrected chi connectivity index (χ1v) is 8.27. The average Bonchev–Trinajstić information content (AvgIpc) is 2.84. The van der Waals surface area contributed by atoms with E-state index in [-0.39, 0.29) is 0 Å². The summed E-state index contributed by atoms with van der Waals surface area (Å²) in [7, 11) is 0. The van der Waals surface area contributed by atoms with E-state index in [2.05, 4.69) is 4.98 Å². The smallest absolute Gasteiger partial charge is 0.335 e. The van der Waals surface area contributed by atoms with Crippen molar-refractivity contribution in [2.24, 2.45) is 5.41 Å². The van der Waals surface area contributed by atoms with Crippen LogP contribution in [0.4, 0.5) is 0 Å². The van der Waals surface area contributed by atoms with Crippen molar-refractivity contribution < 1.29 is 9.90 Å². The number of carboxylic acids is 1. The predicted octanol–water partition coefficient (Wildman–Crippen LogP) is 3.86. The Labute approximate surface area is 149 Å². The third kappa shape index (κ3) is 2.46. The van der Waals surface area contributed by atoms with Crippen molar-refractivity contribution in [3.05, 3.63) is 69.6 Å². The fourth-order valence-electron chi connectivity index (χ4n) is 3.53. The molecule has 0 saturated carbocycles. The molecule has 2 N–H and O–H groups in total. The molecule has 25 heavy (non-hydrogen) atoms. The fraction of sp³-hybridized carbons (Fsp3) is 0.263. The Kier molecular flexibility index (Phi) is 4.00. The predicted molar refractivity (Wildman–Crippen MR) is 98.2 cm³/mol. The lowest BCUT2D eigenvalue weighted by atomic mass is 9.69. The molecule has 1 heterocycles. The van der Waals surface area contributed by atoms with Crippen LogP contribution < -0.4 is 5.69 Å². The van der Waals surface area contributed by atoms with Gasteiger partial charge in [0, 0.05) is 10.4 Å². The molecule has 0 bridgehead atoms. The molecule has 1 aromatic heterocycles. The van der Waals surface area contributed by atoms with Gasteiger partial charge in [-0.25, -0.2) is 9.59 Å². The molecule has 130 valence electrons. The number of rotatable bonds is 3. The highest BCUT2D eigenvalue weighted by atomic mass is 35.5. The minimum atomic E-state index is -1.60. The summed E-state index contributed by atoms with van der Waals surface area (Å²) in [5.41, 5.74) is -1.37. The van der Waals surface area contributed by atoms with Crippen LogP contribution >= 0.6 is 11.6 Å². The Bertz CT molecular complexity index is 999. The van der Waals surface area contributed by atoms with Gasteiger partial charge >= 0.3 is 11.7 Å². The van der Waals surface area contributed by atoms with Crippen molar-refractivity contribution in [3.8, 4) is 0 Å². The van der Waals surface area contributed by atoms with Gasteiger partial charge in [-0.15, -0.1) is 0 Å². The average molecular weight is 359 g/mol. The zero-order valence-electron chi connectivity index (χ0n) is 14.2. The molecule has 3 aromatic rings. The summed E-state index contributed by atoms with van der Waals surface area (Å²) >= 11 is 6.11. The monoisotopic (exact) mass is 358 g/mol. The van der Waals surface area contributed by atoms with Gasteiger partial charge < -0.3 is 10.1 Å². The SMILES string of the molecule is CC(C)(C)C(C(=O)O)(c1ccccc1)n1c(=O)[nH]c2ccc(Cl)cc21. The number of hydrogen-bond donors (Lipinski definition) is 2. The van der Waals surface area contributed by atoms with Gasteiger partial charge in [0.25, 0.3) is 0 Å². The number of fused-ring (bicyclic) bond motifs is 1. The standard InChI is InChI=1S/C19H19ClN2O3/c1-18(2,3)19(16(23)24,12-7-5-4-6-8-12)22-15-11-13(20)9-10-14(15)21-17(22)25/h4-11H,1-3H3,(H,21,25)(H,23,24). The number of hydrogen-bond acceptors (Lipinski definition) is 2. The Morgan fingerprint density at radius 1 is 1.12 bits per heavy atom.